The van der Waals surface area contributed by atoms with Crippen LogP contribution in [-0.4, -0.2) is 82.4 Å². The Morgan fingerprint density at radius 2 is 0.917 bits per heavy atom. The van der Waals surface area contributed by atoms with Crippen LogP contribution in [0.4, 0.5) is 0 Å². The molecule has 0 saturated carbocycles. The summed E-state index contributed by atoms with van der Waals surface area (Å²) in [5, 5.41) is 14.8. The second kappa shape index (κ2) is 8.57. The minimum absolute atomic E-state index is 0. The summed E-state index contributed by atoms with van der Waals surface area (Å²) in [5.41, 5.74) is 0. The molecule has 0 aliphatic heterocycles. The van der Waals surface area contributed by atoms with Crippen molar-refractivity contribution in [3.63, 3.8) is 0 Å². The zero-order chi connectivity index (χ0) is 9.65. The normalized spacial score (nSPS) is 8.67. The molecule has 70 valence electrons. The molecule has 10 heteroatoms. The molecule has 0 aromatic carbocycles. The van der Waals surface area contributed by atoms with Crippen LogP contribution < -0.4 is 0 Å². The van der Waals surface area contributed by atoms with Crippen molar-refractivity contribution in [1.82, 2.24) is 0 Å². The molecule has 12 heavy (non-hydrogen) atoms. The van der Waals surface area contributed by atoms with Gasteiger partial charge in [-0.25, -0.2) is 9.59 Å². The van der Waals surface area contributed by atoms with Gasteiger partial charge in [-0.2, -0.15) is 0 Å². The monoisotopic (exact) mass is 296 g/mol. The Balaban J connectivity index is -0.000000126. The van der Waals surface area contributed by atoms with Crippen LogP contribution in [-0.2, 0) is 27.7 Å². The van der Waals surface area contributed by atoms with Gasteiger partial charge < -0.3 is 10.2 Å². The fraction of sp³-hybridized carbons (Fsp3) is 0. The molecule has 0 aliphatic rings. The third-order valence-corrected chi connectivity index (χ3v) is 0.183. The van der Waals surface area contributed by atoms with Crippen molar-refractivity contribution in [3.8, 4) is 0 Å². The van der Waals surface area contributed by atoms with Gasteiger partial charge >= 0.3 is 90.3 Å². The molecule has 0 spiro atoms. The Kier molecular flexibility index (Phi) is 13.4. The fourth-order valence-corrected chi connectivity index (χ4v) is 0. The SMILES string of the molecule is O=C(O)C(=O)O.[OH][Ti]([OH])([OH])[OH].[SrH2]. The molecule has 0 rings (SSSR count). The van der Waals surface area contributed by atoms with Crippen LogP contribution in [0.1, 0.15) is 0 Å². The van der Waals surface area contributed by atoms with E-state index in [4.69, 9.17) is 34.6 Å². The van der Waals surface area contributed by atoms with Gasteiger partial charge in [0.05, 0.1) is 0 Å². The standard InChI is InChI=1S/C2H2O4.4H2O.Sr.Ti.2H/c3-1(4)2(5)6;;;;;;;;/h(H,3,4)(H,5,6);4*1H2;;;;/q;;;;;;+4;;/p-4. The van der Waals surface area contributed by atoms with Crippen LogP contribution in [0.15, 0.2) is 0 Å². The molecule has 0 unspecified atom stereocenters. The van der Waals surface area contributed by atoms with Gasteiger partial charge in [0.15, 0.2) is 0 Å². The van der Waals surface area contributed by atoms with Gasteiger partial charge in [0.1, 0.15) is 0 Å². The van der Waals surface area contributed by atoms with Gasteiger partial charge in [0, 0.05) is 0 Å². The van der Waals surface area contributed by atoms with Gasteiger partial charge in [-0.3, -0.25) is 0 Å². The van der Waals surface area contributed by atoms with Crippen LogP contribution in [0.3, 0.4) is 0 Å². The van der Waals surface area contributed by atoms with Crippen molar-refractivity contribution in [1.29, 1.82) is 0 Å². The second-order valence-electron chi connectivity index (χ2n) is 1.21. The van der Waals surface area contributed by atoms with Crippen LogP contribution >= 0.6 is 0 Å². The molecule has 0 aromatic rings. The van der Waals surface area contributed by atoms with E-state index in [1.165, 1.54) is 0 Å². The van der Waals surface area contributed by atoms with Crippen LogP contribution in [0.25, 0.3) is 0 Å². The van der Waals surface area contributed by atoms with Crippen LogP contribution in [0, 0.1) is 0 Å². The van der Waals surface area contributed by atoms with Gasteiger partial charge in [0.2, 0.25) is 0 Å². The molecule has 0 saturated heterocycles. The summed E-state index contributed by atoms with van der Waals surface area (Å²) in [4.78, 5) is 18.2. The van der Waals surface area contributed by atoms with Crippen molar-refractivity contribution < 1.29 is 52.7 Å². The van der Waals surface area contributed by atoms with E-state index >= 15 is 0 Å². The van der Waals surface area contributed by atoms with Gasteiger partial charge in [-0.05, 0) is 0 Å². The Morgan fingerprint density at radius 3 is 0.917 bits per heavy atom. The average molecular weight is 296 g/mol. The summed E-state index contributed by atoms with van der Waals surface area (Å²) in [6, 6.07) is 0. The number of hydrogen-bond acceptors (Lipinski definition) is 6. The molecular weight excluding hydrogens is 288 g/mol. The van der Waals surface area contributed by atoms with E-state index in [9.17, 15) is 0 Å². The molecular formula is C2H8O8SrTi. The van der Waals surface area contributed by atoms with Crippen molar-refractivity contribution >= 4 is 57.4 Å². The summed E-state index contributed by atoms with van der Waals surface area (Å²) in [6.07, 6.45) is 0. The van der Waals surface area contributed by atoms with E-state index in [2.05, 4.69) is 0 Å². The number of carboxylic acid groups (broad SMARTS) is 2. The first-order chi connectivity index (χ1) is 4.64. The van der Waals surface area contributed by atoms with Crippen LogP contribution in [0.2, 0.25) is 0 Å². The molecule has 0 aliphatic carbocycles. The third-order valence-electron chi connectivity index (χ3n) is 0.183. The molecule has 0 heterocycles. The first-order valence-corrected chi connectivity index (χ1v) is 4.79. The molecule has 0 atom stereocenters. The zero-order valence-corrected chi connectivity index (χ0v) is 6.56. The number of carbonyl (C=O) groups is 2. The Bertz CT molecular complexity index is 132. The minimum atomic E-state index is -5.00. The van der Waals surface area contributed by atoms with Crippen molar-refractivity contribution in [2.45, 2.75) is 0 Å². The number of hydrogen-bond donors (Lipinski definition) is 6. The molecule has 6 N–H and O–H groups in total. The molecule has 0 amide bonds. The maximum atomic E-state index is 9.10. The van der Waals surface area contributed by atoms with E-state index < -0.39 is 30.1 Å². The van der Waals surface area contributed by atoms with E-state index in [1.54, 1.807) is 0 Å². The van der Waals surface area contributed by atoms with Gasteiger partial charge in [0.25, 0.3) is 0 Å². The topological polar surface area (TPSA) is 156 Å². The summed E-state index contributed by atoms with van der Waals surface area (Å²) in [7, 11) is 0. The summed E-state index contributed by atoms with van der Waals surface area (Å²) in [5.74, 6) is -3.65. The summed E-state index contributed by atoms with van der Waals surface area (Å²) < 4.78 is 29.5. The first kappa shape index (κ1) is 18.7. The van der Waals surface area contributed by atoms with E-state index in [-0.39, 0.29) is 45.5 Å². The van der Waals surface area contributed by atoms with Crippen molar-refractivity contribution in [3.05, 3.63) is 0 Å². The molecule has 0 aromatic heterocycles. The van der Waals surface area contributed by atoms with Gasteiger partial charge in [-0.15, -0.1) is 0 Å². The Hall–Kier alpha value is 0.975. The third kappa shape index (κ3) is 44.1. The van der Waals surface area contributed by atoms with Crippen molar-refractivity contribution in [2.24, 2.45) is 0 Å². The number of carboxylic acids is 2. The Morgan fingerprint density at radius 1 is 0.833 bits per heavy atom. The maximum absolute atomic E-state index is 9.10. The van der Waals surface area contributed by atoms with E-state index in [1.807, 2.05) is 0 Å². The number of aliphatic carboxylic acids is 2. The fourth-order valence-electron chi connectivity index (χ4n) is 0. The first-order valence-electron chi connectivity index (χ1n) is 2.00. The van der Waals surface area contributed by atoms with Gasteiger partial charge in [-0.1, -0.05) is 0 Å². The predicted molar refractivity (Wildman–Crippen MR) is 32.7 cm³/mol. The second-order valence-corrected chi connectivity index (χ2v) is 3.08. The summed E-state index contributed by atoms with van der Waals surface area (Å²) in [6.45, 7) is 0. The van der Waals surface area contributed by atoms with E-state index in [0.29, 0.717) is 0 Å². The average Bonchev–Trinajstić information content (AvgIpc) is 1.59. The number of rotatable bonds is 0. The Labute approximate surface area is 109 Å². The zero-order valence-electron chi connectivity index (χ0n) is 5.00. The summed E-state index contributed by atoms with van der Waals surface area (Å²) >= 11 is -5.00. The molecule has 0 radical (unpaired) electrons. The predicted octanol–water partition coefficient (Wildman–Crippen LogP) is -3.99. The molecule has 0 bridgehead atoms. The molecule has 0 fully saturated rings. The quantitative estimate of drug-likeness (QED) is 0.195. The van der Waals surface area contributed by atoms with Crippen LogP contribution in [0.5, 0.6) is 0 Å². The van der Waals surface area contributed by atoms with E-state index in [0.717, 1.165) is 0 Å². The molecule has 8 nitrogen and oxygen atoms in total. The van der Waals surface area contributed by atoms with Crippen molar-refractivity contribution in [2.75, 3.05) is 0 Å².